The minimum Gasteiger partial charge on any atom is -0.376 e. The summed E-state index contributed by atoms with van der Waals surface area (Å²) in [4.78, 5) is 15.4. The molecule has 0 aliphatic carbocycles. The molecule has 0 fully saturated rings. The summed E-state index contributed by atoms with van der Waals surface area (Å²) in [6.07, 6.45) is 0. The molecule has 1 aromatic heterocycles. The maximum atomic E-state index is 11.3. The first kappa shape index (κ1) is 10.3. The molecule has 0 aliphatic heterocycles. The zero-order valence-corrected chi connectivity index (χ0v) is 8.43. The smallest absolute Gasteiger partial charge is 0.207 e. The summed E-state index contributed by atoms with van der Waals surface area (Å²) >= 11 is 1.40. The van der Waals surface area contributed by atoms with E-state index in [2.05, 4.69) is 4.98 Å². The van der Waals surface area contributed by atoms with E-state index in [1.807, 2.05) is 6.92 Å². The fourth-order valence-corrected chi connectivity index (χ4v) is 1.61. The van der Waals surface area contributed by atoms with Crippen LogP contribution in [0, 0.1) is 0 Å². The third-order valence-electron chi connectivity index (χ3n) is 1.47. The van der Waals surface area contributed by atoms with Crippen molar-refractivity contribution in [1.82, 2.24) is 4.98 Å². The van der Waals surface area contributed by atoms with Crippen molar-refractivity contribution in [3.63, 3.8) is 0 Å². The second-order valence-corrected chi connectivity index (χ2v) is 3.61. The van der Waals surface area contributed by atoms with Crippen LogP contribution in [0.25, 0.3) is 0 Å². The number of ether oxygens (including phenoxy) is 1. The predicted molar refractivity (Wildman–Crippen MR) is 50.9 cm³/mol. The van der Waals surface area contributed by atoms with Crippen LogP contribution in [0.5, 0.6) is 0 Å². The van der Waals surface area contributed by atoms with Gasteiger partial charge in [0.2, 0.25) is 5.78 Å². The summed E-state index contributed by atoms with van der Waals surface area (Å²) in [5.74, 6) is -0.106. The summed E-state index contributed by atoms with van der Waals surface area (Å²) in [6, 6.07) is -0.117. The van der Waals surface area contributed by atoms with Gasteiger partial charge in [-0.25, -0.2) is 4.98 Å². The van der Waals surface area contributed by atoms with Crippen LogP contribution in [-0.4, -0.2) is 24.5 Å². The van der Waals surface area contributed by atoms with Crippen LogP contribution in [0.2, 0.25) is 0 Å². The molecule has 2 N–H and O–H groups in total. The molecular weight excluding hydrogens is 188 g/mol. The number of ketones is 1. The van der Waals surface area contributed by atoms with Gasteiger partial charge >= 0.3 is 0 Å². The number of hydrogen-bond donors (Lipinski definition) is 1. The highest BCUT2D eigenvalue weighted by atomic mass is 32.1. The first-order chi connectivity index (χ1) is 6.15. The van der Waals surface area contributed by atoms with E-state index in [1.165, 1.54) is 18.4 Å². The standard InChI is InChI=1S/C8H12N2O2S/c1-5(9)8-10-6(4-13-8)7(11)3-12-2/h4-5H,3,9H2,1-2H3. The predicted octanol–water partition coefficient (Wildman–Crippen LogP) is 0.992. The van der Waals surface area contributed by atoms with Crippen LogP contribution >= 0.6 is 11.3 Å². The van der Waals surface area contributed by atoms with E-state index in [0.717, 1.165) is 5.01 Å². The minimum atomic E-state index is -0.117. The molecule has 5 heteroatoms. The SMILES string of the molecule is COCC(=O)c1csc(C(C)N)n1. The van der Waals surface area contributed by atoms with Gasteiger partial charge in [-0.1, -0.05) is 0 Å². The monoisotopic (exact) mass is 200 g/mol. The van der Waals surface area contributed by atoms with Crippen LogP contribution in [-0.2, 0) is 4.74 Å². The third-order valence-corrected chi connectivity index (χ3v) is 2.52. The molecule has 1 rings (SSSR count). The van der Waals surface area contributed by atoms with Crippen molar-refractivity contribution >= 4 is 17.1 Å². The Bertz CT molecular complexity index is 296. The van der Waals surface area contributed by atoms with E-state index in [0.29, 0.717) is 5.69 Å². The summed E-state index contributed by atoms with van der Waals surface area (Å²) in [5.41, 5.74) is 6.05. The first-order valence-electron chi connectivity index (χ1n) is 3.88. The largest absolute Gasteiger partial charge is 0.376 e. The van der Waals surface area contributed by atoms with E-state index >= 15 is 0 Å². The molecular formula is C8H12N2O2S. The Kier molecular flexibility index (Phi) is 3.53. The molecule has 0 saturated carbocycles. The number of rotatable bonds is 4. The highest BCUT2D eigenvalue weighted by Crippen LogP contribution is 2.15. The number of nitrogens with zero attached hydrogens (tertiary/aromatic N) is 1. The molecule has 0 saturated heterocycles. The van der Waals surface area contributed by atoms with Gasteiger partial charge in [0.05, 0.1) is 6.04 Å². The summed E-state index contributed by atoms with van der Waals surface area (Å²) in [6.45, 7) is 1.91. The molecule has 0 radical (unpaired) electrons. The van der Waals surface area contributed by atoms with Crippen LogP contribution in [0.4, 0.5) is 0 Å². The van der Waals surface area contributed by atoms with E-state index in [1.54, 1.807) is 5.38 Å². The third kappa shape index (κ3) is 2.58. The van der Waals surface area contributed by atoms with Crippen molar-refractivity contribution in [3.05, 3.63) is 16.1 Å². The van der Waals surface area contributed by atoms with Gasteiger partial charge in [0.1, 0.15) is 17.3 Å². The Hall–Kier alpha value is -0.780. The number of carbonyl (C=O) groups is 1. The van der Waals surface area contributed by atoms with Gasteiger partial charge in [-0.15, -0.1) is 11.3 Å². The van der Waals surface area contributed by atoms with Gasteiger partial charge in [0.25, 0.3) is 0 Å². The van der Waals surface area contributed by atoms with Crippen LogP contribution < -0.4 is 5.73 Å². The van der Waals surface area contributed by atoms with Gasteiger partial charge in [-0.3, -0.25) is 4.79 Å². The lowest BCUT2D eigenvalue weighted by molar-refractivity contribution is 0.0843. The quantitative estimate of drug-likeness (QED) is 0.736. The second kappa shape index (κ2) is 4.45. The van der Waals surface area contributed by atoms with Gasteiger partial charge in [0.15, 0.2) is 0 Å². The van der Waals surface area contributed by atoms with E-state index in [9.17, 15) is 4.79 Å². The average Bonchev–Trinajstić information content (AvgIpc) is 2.52. The number of Topliss-reactive ketones (excluding diaryl/α,β-unsaturated/α-hetero) is 1. The molecule has 72 valence electrons. The molecule has 0 spiro atoms. The summed E-state index contributed by atoms with van der Waals surface area (Å²) in [5, 5.41) is 2.49. The summed E-state index contributed by atoms with van der Waals surface area (Å²) < 4.78 is 4.71. The highest BCUT2D eigenvalue weighted by molar-refractivity contribution is 7.09. The number of nitrogens with two attached hydrogens (primary N) is 1. The fourth-order valence-electron chi connectivity index (χ4n) is 0.830. The Morgan fingerprint density at radius 3 is 3.00 bits per heavy atom. The Labute approximate surface area is 80.7 Å². The summed E-state index contributed by atoms with van der Waals surface area (Å²) in [7, 11) is 1.48. The van der Waals surface area contributed by atoms with Crippen LogP contribution in [0.1, 0.15) is 28.5 Å². The van der Waals surface area contributed by atoms with Gasteiger partial charge in [-0.05, 0) is 6.92 Å². The molecule has 1 unspecified atom stereocenters. The lowest BCUT2D eigenvalue weighted by Gasteiger charge is -1.97. The second-order valence-electron chi connectivity index (χ2n) is 2.72. The molecule has 1 heterocycles. The molecule has 1 aromatic rings. The Morgan fingerprint density at radius 1 is 1.85 bits per heavy atom. The van der Waals surface area contributed by atoms with Crippen molar-refractivity contribution in [2.75, 3.05) is 13.7 Å². The molecule has 0 bridgehead atoms. The maximum absolute atomic E-state index is 11.3. The van der Waals surface area contributed by atoms with E-state index in [4.69, 9.17) is 10.5 Å². The van der Waals surface area contributed by atoms with Gasteiger partial charge in [-0.2, -0.15) is 0 Å². The number of methoxy groups -OCH3 is 1. The molecule has 0 amide bonds. The van der Waals surface area contributed by atoms with E-state index < -0.39 is 0 Å². The normalized spacial score (nSPS) is 12.8. The number of aromatic nitrogens is 1. The van der Waals surface area contributed by atoms with Crippen molar-refractivity contribution in [3.8, 4) is 0 Å². The van der Waals surface area contributed by atoms with Gasteiger partial charge in [0, 0.05) is 12.5 Å². The number of hydrogen-bond acceptors (Lipinski definition) is 5. The molecule has 4 nitrogen and oxygen atoms in total. The average molecular weight is 200 g/mol. The Morgan fingerprint density at radius 2 is 2.54 bits per heavy atom. The maximum Gasteiger partial charge on any atom is 0.207 e. The topological polar surface area (TPSA) is 65.2 Å². The van der Waals surface area contributed by atoms with Crippen LogP contribution in [0.3, 0.4) is 0 Å². The number of thiazole rings is 1. The minimum absolute atomic E-state index is 0.0716. The lowest BCUT2D eigenvalue weighted by Crippen LogP contribution is -2.09. The van der Waals surface area contributed by atoms with Crippen molar-refractivity contribution in [1.29, 1.82) is 0 Å². The molecule has 0 aromatic carbocycles. The zero-order chi connectivity index (χ0) is 9.84. The molecule has 0 aliphatic rings. The zero-order valence-electron chi connectivity index (χ0n) is 7.61. The van der Waals surface area contributed by atoms with E-state index in [-0.39, 0.29) is 18.4 Å². The highest BCUT2D eigenvalue weighted by Gasteiger charge is 2.11. The van der Waals surface area contributed by atoms with Crippen molar-refractivity contribution in [2.45, 2.75) is 13.0 Å². The molecule has 1 atom stereocenters. The first-order valence-corrected chi connectivity index (χ1v) is 4.76. The Balaban J connectivity index is 2.73. The number of carbonyl (C=O) groups excluding carboxylic acids is 1. The lowest BCUT2D eigenvalue weighted by atomic mass is 10.3. The van der Waals surface area contributed by atoms with Crippen LogP contribution in [0.15, 0.2) is 5.38 Å². The van der Waals surface area contributed by atoms with Crippen molar-refractivity contribution in [2.24, 2.45) is 5.73 Å². The van der Waals surface area contributed by atoms with Gasteiger partial charge < -0.3 is 10.5 Å². The molecule has 13 heavy (non-hydrogen) atoms. The van der Waals surface area contributed by atoms with Crippen molar-refractivity contribution < 1.29 is 9.53 Å². The fraction of sp³-hybridized carbons (Fsp3) is 0.500.